The van der Waals surface area contributed by atoms with Gasteiger partial charge in [0, 0.05) is 36.4 Å². The van der Waals surface area contributed by atoms with Gasteiger partial charge in [0.25, 0.3) is 0 Å². The van der Waals surface area contributed by atoms with Gasteiger partial charge in [-0.15, -0.1) is 0 Å². The van der Waals surface area contributed by atoms with Crippen molar-refractivity contribution in [1.82, 2.24) is 9.97 Å². The molecule has 21 heavy (non-hydrogen) atoms. The first-order valence-electron chi connectivity index (χ1n) is 7.07. The third kappa shape index (κ3) is 3.15. The smallest absolute Gasteiger partial charge is 0.217 e. The summed E-state index contributed by atoms with van der Waals surface area (Å²) in [7, 11) is 0. The zero-order valence-electron chi connectivity index (χ0n) is 11.6. The van der Waals surface area contributed by atoms with Crippen molar-refractivity contribution in [2.75, 3.05) is 18.0 Å². The highest BCUT2D eigenvalue weighted by Crippen LogP contribution is 2.29. The van der Waals surface area contributed by atoms with Crippen molar-refractivity contribution in [1.29, 1.82) is 0 Å². The van der Waals surface area contributed by atoms with Crippen LogP contribution in [0.25, 0.3) is 11.0 Å². The monoisotopic (exact) mass is 348 g/mol. The van der Waals surface area contributed by atoms with Gasteiger partial charge in [-0.05, 0) is 46.8 Å². The minimum atomic E-state index is -0.200. The molecule has 0 spiro atoms. The third-order valence-electron chi connectivity index (χ3n) is 3.97. The first kappa shape index (κ1) is 14.3. The van der Waals surface area contributed by atoms with E-state index in [2.05, 4.69) is 30.8 Å². The molecule has 0 aromatic carbocycles. The molecule has 0 atom stereocenters. The highest BCUT2D eigenvalue weighted by molar-refractivity contribution is 9.10. The molecule has 1 aliphatic heterocycles. The molecule has 0 saturated carbocycles. The maximum absolute atomic E-state index is 11.0. The van der Waals surface area contributed by atoms with E-state index >= 15 is 0 Å². The number of pyridine rings is 2. The molecule has 3 heterocycles. The summed E-state index contributed by atoms with van der Waals surface area (Å²) in [5.41, 5.74) is 8.21. The fraction of sp³-hybridized carbons (Fsp3) is 0.400. The maximum Gasteiger partial charge on any atom is 0.217 e. The summed E-state index contributed by atoms with van der Waals surface area (Å²) < 4.78 is 0.930. The van der Waals surface area contributed by atoms with E-state index in [1.165, 1.54) is 0 Å². The van der Waals surface area contributed by atoms with Crippen molar-refractivity contribution >= 4 is 38.6 Å². The minimum Gasteiger partial charge on any atom is -0.370 e. The first-order valence-corrected chi connectivity index (χ1v) is 7.86. The first-order chi connectivity index (χ1) is 10.1. The van der Waals surface area contributed by atoms with E-state index in [0.717, 1.165) is 47.1 Å². The average Bonchev–Trinajstić information content (AvgIpc) is 2.46. The lowest BCUT2D eigenvalue weighted by Gasteiger charge is -2.33. The number of hydrogen-bond donors (Lipinski definition) is 1. The molecule has 0 bridgehead atoms. The van der Waals surface area contributed by atoms with Gasteiger partial charge in [-0.2, -0.15) is 0 Å². The van der Waals surface area contributed by atoms with Crippen molar-refractivity contribution in [3.63, 3.8) is 0 Å². The second-order valence-electron chi connectivity index (χ2n) is 5.45. The highest BCUT2D eigenvalue weighted by Gasteiger charge is 2.22. The summed E-state index contributed by atoms with van der Waals surface area (Å²) in [5, 5.41) is 0. The van der Waals surface area contributed by atoms with Crippen molar-refractivity contribution in [2.24, 2.45) is 11.7 Å². The number of hydrogen-bond acceptors (Lipinski definition) is 4. The number of nitrogens with two attached hydrogens (primary N) is 1. The number of primary amides is 1. The van der Waals surface area contributed by atoms with Crippen molar-refractivity contribution < 1.29 is 4.79 Å². The maximum atomic E-state index is 11.0. The second kappa shape index (κ2) is 5.97. The predicted molar refractivity (Wildman–Crippen MR) is 86.0 cm³/mol. The summed E-state index contributed by atoms with van der Waals surface area (Å²) in [6.07, 6.45) is 6.09. The molecule has 1 saturated heterocycles. The van der Waals surface area contributed by atoms with Gasteiger partial charge < -0.3 is 10.6 Å². The van der Waals surface area contributed by atoms with Gasteiger partial charge in [-0.25, -0.2) is 0 Å². The van der Waals surface area contributed by atoms with Gasteiger partial charge in [-0.3, -0.25) is 14.8 Å². The zero-order chi connectivity index (χ0) is 14.8. The van der Waals surface area contributed by atoms with Crippen LogP contribution in [0.3, 0.4) is 0 Å². The molecule has 1 fully saturated rings. The normalized spacial score (nSPS) is 16.3. The van der Waals surface area contributed by atoms with Crippen molar-refractivity contribution in [2.45, 2.75) is 19.3 Å². The topological polar surface area (TPSA) is 72.1 Å². The molecule has 3 rings (SSSR count). The van der Waals surface area contributed by atoms with E-state index in [1.807, 2.05) is 18.3 Å². The van der Waals surface area contributed by atoms with Crippen LogP contribution in [0.4, 0.5) is 5.69 Å². The number of amides is 1. The minimum absolute atomic E-state index is 0.200. The van der Waals surface area contributed by atoms with E-state index in [0.29, 0.717) is 12.3 Å². The zero-order valence-corrected chi connectivity index (χ0v) is 13.2. The van der Waals surface area contributed by atoms with E-state index < -0.39 is 0 Å². The van der Waals surface area contributed by atoms with Crippen LogP contribution in [0.1, 0.15) is 19.3 Å². The van der Waals surface area contributed by atoms with Crippen LogP contribution >= 0.6 is 15.9 Å². The number of nitrogens with zero attached hydrogens (tertiary/aromatic N) is 3. The summed E-state index contributed by atoms with van der Waals surface area (Å²) in [6, 6.07) is 3.99. The molecule has 2 aromatic rings. The van der Waals surface area contributed by atoms with Crippen LogP contribution in [-0.2, 0) is 4.79 Å². The van der Waals surface area contributed by atoms with Crippen molar-refractivity contribution in [3.8, 4) is 0 Å². The van der Waals surface area contributed by atoms with Gasteiger partial charge in [0.1, 0.15) is 5.52 Å². The molecule has 2 aromatic heterocycles. The van der Waals surface area contributed by atoms with Gasteiger partial charge in [0.05, 0.1) is 11.2 Å². The quantitative estimate of drug-likeness (QED) is 0.924. The largest absolute Gasteiger partial charge is 0.370 e. The van der Waals surface area contributed by atoms with Crippen LogP contribution in [-0.4, -0.2) is 29.0 Å². The summed E-state index contributed by atoms with van der Waals surface area (Å²) in [4.78, 5) is 22.2. The molecule has 2 N–H and O–H groups in total. The number of fused-ring (bicyclic) bond motifs is 1. The molecule has 5 nitrogen and oxygen atoms in total. The third-order valence-corrected chi connectivity index (χ3v) is 4.40. The van der Waals surface area contributed by atoms with E-state index in [1.54, 1.807) is 6.20 Å². The standard InChI is InChI=1S/C15H17BrN4O/c16-11-8-12-15(19-9-11)13(1-4-18-12)20-5-2-10(3-6-20)7-14(17)21/h1,4,8-10H,2-3,5-7H2,(H2,17,21). The number of carbonyl (C=O) groups excluding carboxylic acids is 1. The SMILES string of the molecule is NC(=O)CC1CCN(c2ccnc3cc(Br)cnc23)CC1. The highest BCUT2D eigenvalue weighted by atomic mass is 79.9. The number of carbonyl (C=O) groups is 1. The summed E-state index contributed by atoms with van der Waals surface area (Å²) >= 11 is 3.42. The van der Waals surface area contributed by atoms with Crippen molar-refractivity contribution in [3.05, 3.63) is 29.0 Å². The Kier molecular flexibility index (Phi) is 4.05. The predicted octanol–water partition coefficient (Wildman–Crippen LogP) is 2.48. The number of halogens is 1. The molecule has 6 heteroatoms. The lowest BCUT2D eigenvalue weighted by Crippen LogP contribution is -2.35. The molecule has 0 radical (unpaired) electrons. The van der Waals surface area contributed by atoms with Crippen LogP contribution in [0.15, 0.2) is 29.0 Å². The number of aromatic nitrogens is 2. The average molecular weight is 349 g/mol. The molecular weight excluding hydrogens is 332 g/mol. The Balaban J connectivity index is 1.81. The van der Waals surface area contributed by atoms with E-state index in [9.17, 15) is 4.79 Å². The van der Waals surface area contributed by atoms with Crippen LogP contribution in [0, 0.1) is 5.92 Å². The Hall–Kier alpha value is -1.69. The molecular formula is C15H17BrN4O. The lowest BCUT2D eigenvalue weighted by molar-refractivity contribution is -0.119. The Labute approximate surface area is 131 Å². The van der Waals surface area contributed by atoms with Crippen LogP contribution in [0.2, 0.25) is 0 Å². The molecule has 0 aliphatic carbocycles. The van der Waals surface area contributed by atoms with Gasteiger partial charge >= 0.3 is 0 Å². The number of anilines is 1. The van der Waals surface area contributed by atoms with Crippen LogP contribution < -0.4 is 10.6 Å². The fourth-order valence-corrected chi connectivity index (χ4v) is 3.23. The van der Waals surface area contributed by atoms with Crippen LogP contribution in [0.5, 0.6) is 0 Å². The number of rotatable bonds is 3. The number of piperidine rings is 1. The molecule has 1 amide bonds. The Morgan fingerprint density at radius 3 is 2.86 bits per heavy atom. The Morgan fingerprint density at radius 2 is 2.14 bits per heavy atom. The molecule has 0 unspecified atom stereocenters. The van der Waals surface area contributed by atoms with Gasteiger partial charge in [-0.1, -0.05) is 0 Å². The second-order valence-corrected chi connectivity index (χ2v) is 6.37. The lowest BCUT2D eigenvalue weighted by atomic mass is 9.93. The molecule has 1 aliphatic rings. The fourth-order valence-electron chi connectivity index (χ4n) is 2.91. The summed E-state index contributed by atoms with van der Waals surface area (Å²) in [6.45, 7) is 1.85. The molecule has 110 valence electrons. The summed E-state index contributed by atoms with van der Waals surface area (Å²) in [5.74, 6) is 0.211. The van der Waals surface area contributed by atoms with E-state index in [-0.39, 0.29) is 5.91 Å². The Bertz CT molecular complexity index is 668. The van der Waals surface area contributed by atoms with Gasteiger partial charge in [0.2, 0.25) is 5.91 Å². The van der Waals surface area contributed by atoms with E-state index in [4.69, 9.17) is 5.73 Å². The van der Waals surface area contributed by atoms with Gasteiger partial charge in [0.15, 0.2) is 0 Å². The Morgan fingerprint density at radius 1 is 1.38 bits per heavy atom.